The lowest BCUT2D eigenvalue weighted by molar-refractivity contribution is 0.177. The Hall–Kier alpha value is -1.02. The standard InChI is InChI=1S/C17H27NO/c1-4-11-19-16-7-5-15(6-8-16)17(18)10-9-13(2)14(3)12-17/h5-8,13-14H,4,9-12,18H2,1-3H3. The summed E-state index contributed by atoms with van der Waals surface area (Å²) in [5, 5.41) is 0. The zero-order valence-corrected chi connectivity index (χ0v) is 12.5. The number of ether oxygens (including phenoxy) is 1. The molecule has 19 heavy (non-hydrogen) atoms. The first-order valence-corrected chi connectivity index (χ1v) is 7.57. The Morgan fingerprint density at radius 2 is 1.89 bits per heavy atom. The van der Waals surface area contributed by atoms with Crippen LogP contribution in [0.1, 0.15) is 52.0 Å². The summed E-state index contributed by atoms with van der Waals surface area (Å²) in [7, 11) is 0. The molecule has 1 aromatic rings. The highest BCUT2D eigenvalue weighted by molar-refractivity contribution is 5.32. The molecular weight excluding hydrogens is 234 g/mol. The van der Waals surface area contributed by atoms with E-state index < -0.39 is 0 Å². The predicted octanol–water partition coefficient (Wildman–Crippen LogP) is 4.09. The molecule has 1 aromatic carbocycles. The summed E-state index contributed by atoms with van der Waals surface area (Å²) in [5.41, 5.74) is 7.76. The van der Waals surface area contributed by atoms with Gasteiger partial charge in [0.2, 0.25) is 0 Å². The van der Waals surface area contributed by atoms with Crippen LogP contribution in [0.3, 0.4) is 0 Å². The van der Waals surface area contributed by atoms with Crippen molar-refractivity contribution in [2.45, 2.75) is 52.0 Å². The molecule has 2 heteroatoms. The molecule has 3 unspecified atom stereocenters. The van der Waals surface area contributed by atoms with Crippen LogP contribution in [0, 0.1) is 11.8 Å². The highest BCUT2D eigenvalue weighted by atomic mass is 16.5. The van der Waals surface area contributed by atoms with Gasteiger partial charge in [-0.1, -0.05) is 32.9 Å². The molecule has 1 saturated carbocycles. The van der Waals surface area contributed by atoms with Crippen molar-refractivity contribution in [3.63, 3.8) is 0 Å². The zero-order chi connectivity index (χ0) is 13.9. The molecule has 2 N–H and O–H groups in total. The summed E-state index contributed by atoms with van der Waals surface area (Å²) in [6.45, 7) is 7.56. The molecule has 0 saturated heterocycles. The fraction of sp³-hybridized carbons (Fsp3) is 0.647. The maximum Gasteiger partial charge on any atom is 0.119 e. The van der Waals surface area contributed by atoms with Crippen LogP contribution >= 0.6 is 0 Å². The molecule has 0 amide bonds. The van der Waals surface area contributed by atoms with Crippen molar-refractivity contribution in [2.24, 2.45) is 17.6 Å². The van der Waals surface area contributed by atoms with Crippen LogP contribution in [-0.2, 0) is 5.54 Å². The third-order valence-electron chi connectivity index (χ3n) is 4.61. The molecule has 0 aliphatic heterocycles. The number of rotatable bonds is 4. The fourth-order valence-electron chi connectivity index (χ4n) is 3.01. The molecule has 1 aliphatic rings. The van der Waals surface area contributed by atoms with Crippen molar-refractivity contribution in [3.05, 3.63) is 29.8 Å². The van der Waals surface area contributed by atoms with Gasteiger partial charge in [-0.25, -0.2) is 0 Å². The third kappa shape index (κ3) is 3.30. The Morgan fingerprint density at radius 3 is 2.47 bits per heavy atom. The molecule has 0 aromatic heterocycles. The minimum Gasteiger partial charge on any atom is -0.494 e. The summed E-state index contributed by atoms with van der Waals surface area (Å²) in [5.74, 6) is 2.45. The van der Waals surface area contributed by atoms with Crippen molar-refractivity contribution in [3.8, 4) is 5.75 Å². The largest absolute Gasteiger partial charge is 0.494 e. The van der Waals surface area contributed by atoms with Gasteiger partial charge in [-0.2, -0.15) is 0 Å². The number of nitrogens with two attached hydrogens (primary N) is 1. The molecule has 0 spiro atoms. The normalized spacial score (nSPS) is 31.2. The van der Waals surface area contributed by atoms with Crippen molar-refractivity contribution in [2.75, 3.05) is 6.61 Å². The van der Waals surface area contributed by atoms with E-state index in [4.69, 9.17) is 10.5 Å². The van der Waals surface area contributed by atoms with Gasteiger partial charge in [0.1, 0.15) is 5.75 Å². The Morgan fingerprint density at radius 1 is 1.21 bits per heavy atom. The maximum absolute atomic E-state index is 6.64. The molecule has 0 bridgehead atoms. The van der Waals surface area contributed by atoms with Gasteiger partial charge in [-0.3, -0.25) is 0 Å². The topological polar surface area (TPSA) is 35.2 Å². The Labute approximate surface area is 117 Å². The van der Waals surface area contributed by atoms with Crippen molar-refractivity contribution in [1.82, 2.24) is 0 Å². The molecule has 106 valence electrons. The van der Waals surface area contributed by atoms with Crippen LogP contribution in [0.15, 0.2) is 24.3 Å². The van der Waals surface area contributed by atoms with Gasteiger partial charge >= 0.3 is 0 Å². The van der Waals surface area contributed by atoms with E-state index >= 15 is 0 Å². The Bertz CT molecular complexity index is 400. The maximum atomic E-state index is 6.64. The number of hydrogen-bond donors (Lipinski definition) is 1. The summed E-state index contributed by atoms with van der Waals surface area (Å²) >= 11 is 0. The van der Waals surface area contributed by atoms with Crippen LogP contribution in [0.4, 0.5) is 0 Å². The smallest absolute Gasteiger partial charge is 0.119 e. The predicted molar refractivity (Wildman–Crippen MR) is 80.3 cm³/mol. The van der Waals surface area contributed by atoms with Gasteiger partial charge < -0.3 is 10.5 Å². The second-order valence-corrected chi connectivity index (χ2v) is 6.23. The summed E-state index contributed by atoms with van der Waals surface area (Å²) in [4.78, 5) is 0. The van der Waals surface area contributed by atoms with Crippen LogP contribution in [0.25, 0.3) is 0 Å². The van der Waals surface area contributed by atoms with Crippen LogP contribution in [-0.4, -0.2) is 6.61 Å². The van der Waals surface area contributed by atoms with Crippen molar-refractivity contribution < 1.29 is 4.74 Å². The molecule has 3 atom stereocenters. The molecule has 0 heterocycles. The Balaban J connectivity index is 2.08. The van der Waals surface area contributed by atoms with Gasteiger partial charge in [0.25, 0.3) is 0 Å². The molecule has 1 fully saturated rings. The number of hydrogen-bond acceptors (Lipinski definition) is 2. The van der Waals surface area contributed by atoms with Crippen LogP contribution in [0.2, 0.25) is 0 Å². The molecule has 2 rings (SSSR count). The lowest BCUT2D eigenvalue weighted by Crippen LogP contribution is -2.43. The third-order valence-corrected chi connectivity index (χ3v) is 4.61. The average molecular weight is 261 g/mol. The Kier molecular flexibility index (Phi) is 4.51. The first kappa shape index (κ1) is 14.4. The van der Waals surface area contributed by atoms with Gasteiger partial charge in [-0.15, -0.1) is 0 Å². The zero-order valence-electron chi connectivity index (χ0n) is 12.5. The van der Waals surface area contributed by atoms with E-state index in [9.17, 15) is 0 Å². The molecule has 1 aliphatic carbocycles. The average Bonchev–Trinajstić information content (AvgIpc) is 2.42. The van der Waals surface area contributed by atoms with E-state index in [-0.39, 0.29) is 5.54 Å². The minimum atomic E-state index is -0.144. The van der Waals surface area contributed by atoms with E-state index in [2.05, 4.69) is 45.0 Å². The molecule has 0 radical (unpaired) electrons. The van der Waals surface area contributed by atoms with E-state index in [0.29, 0.717) is 5.92 Å². The fourth-order valence-corrected chi connectivity index (χ4v) is 3.01. The summed E-state index contributed by atoms with van der Waals surface area (Å²) < 4.78 is 5.63. The lowest BCUT2D eigenvalue weighted by Gasteiger charge is -2.40. The first-order chi connectivity index (χ1) is 9.05. The summed E-state index contributed by atoms with van der Waals surface area (Å²) in [6, 6.07) is 8.41. The van der Waals surface area contributed by atoms with Gasteiger partial charge in [0.15, 0.2) is 0 Å². The van der Waals surface area contributed by atoms with E-state index in [1.54, 1.807) is 0 Å². The van der Waals surface area contributed by atoms with E-state index in [1.165, 1.54) is 12.0 Å². The van der Waals surface area contributed by atoms with Crippen molar-refractivity contribution in [1.29, 1.82) is 0 Å². The van der Waals surface area contributed by atoms with Gasteiger partial charge in [0, 0.05) is 5.54 Å². The van der Waals surface area contributed by atoms with Gasteiger partial charge in [0.05, 0.1) is 6.61 Å². The first-order valence-electron chi connectivity index (χ1n) is 7.57. The van der Waals surface area contributed by atoms with Gasteiger partial charge in [-0.05, 0) is 55.2 Å². The SMILES string of the molecule is CCCOc1ccc(C2(N)CCC(C)C(C)C2)cc1. The molecule has 2 nitrogen and oxygen atoms in total. The van der Waals surface area contributed by atoms with Crippen LogP contribution < -0.4 is 10.5 Å². The van der Waals surface area contributed by atoms with Crippen molar-refractivity contribution >= 4 is 0 Å². The lowest BCUT2D eigenvalue weighted by atomic mass is 9.69. The van der Waals surface area contributed by atoms with E-state index in [0.717, 1.165) is 37.5 Å². The van der Waals surface area contributed by atoms with Crippen LogP contribution in [0.5, 0.6) is 5.75 Å². The summed E-state index contributed by atoms with van der Waals surface area (Å²) in [6.07, 6.45) is 4.45. The van der Waals surface area contributed by atoms with E-state index in [1.807, 2.05) is 0 Å². The minimum absolute atomic E-state index is 0.144. The quantitative estimate of drug-likeness (QED) is 0.886. The highest BCUT2D eigenvalue weighted by Gasteiger charge is 2.35. The molecular formula is C17H27NO. The second-order valence-electron chi connectivity index (χ2n) is 6.23. The monoisotopic (exact) mass is 261 g/mol. The number of benzene rings is 1. The highest BCUT2D eigenvalue weighted by Crippen LogP contribution is 2.40. The second kappa shape index (κ2) is 5.96.